The van der Waals surface area contributed by atoms with Crippen LogP contribution in [0.5, 0.6) is 0 Å². The lowest BCUT2D eigenvalue weighted by Crippen LogP contribution is -2.24. The monoisotopic (exact) mass is 305 g/mol. The summed E-state index contributed by atoms with van der Waals surface area (Å²) in [5.74, 6) is -0.0991. The molecule has 0 heterocycles. The molecule has 5 nitrogen and oxygen atoms in total. The first-order valence-corrected chi connectivity index (χ1v) is 8.70. The average molecular weight is 305 g/mol. The quantitative estimate of drug-likeness (QED) is 0.280. The zero-order valence-electron chi connectivity index (χ0n) is 13.1. The number of rotatable bonds is 14. The van der Waals surface area contributed by atoms with Gasteiger partial charge in [0.25, 0.3) is 0 Å². The molecule has 0 saturated heterocycles. The smallest absolute Gasteiger partial charge is 0.466 e. The third-order valence-corrected chi connectivity index (χ3v) is 4.00. The predicted molar refractivity (Wildman–Crippen MR) is 79.3 cm³/mol. The van der Waals surface area contributed by atoms with Crippen LogP contribution in [0.25, 0.3) is 0 Å². The van der Waals surface area contributed by atoms with Gasteiger partial charge in [-0.05, 0) is 12.8 Å². The molecule has 0 aliphatic carbocycles. The average Bonchev–Trinajstić information content (AvgIpc) is 2.48. The van der Waals surface area contributed by atoms with Crippen molar-refractivity contribution in [3.8, 4) is 0 Å². The predicted octanol–water partition coefficient (Wildman–Crippen LogP) is 2.96. The van der Waals surface area contributed by atoms with Gasteiger partial charge < -0.3 is 18.0 Å². The van der Waals surface area contributed by atoms with Crippen molar-refractivity contribution in [2.24, 2.45) is 0 Å². The summed E-state index contributed by atoms with van der Waals surface area (Å²) in [5.41, 5.74) is 0. The molecule has 0 amide bonds. The van der Waals surface area contributed by atoms with E-state index in [0.29, 0.717) is 19.6 Å². The Balaban J connectivity index is 3.11. The van der Waals surface area contributed by atoms with Crippen LogP contribution in [-0.4, -0.2) is 42.9 Å². The number of unbranched alkanes of at least 4 members (excludes halogenated alkanes) is 6. The van der Waals surface area contributed by atoms with Crippen molar-refractivity contribution < 1.29 is 22.8 Å². The maximum atomic E-state index is 10.9. The Morgan fingerprint density at radius 2 is 1.35 bits per heavy atom. The summed E-state index contributed by atoms with van der Waals surface area (Å²) in [6, 6.07) is 0. The second-order valence-electron chi connectivity index (χ2n) is 4.56. The maximum Gasteiger partial charge on any atom is 0.577 e. The second kappa shape index (κ2) is 15.0. The molecule has 0 aromatic carbocycles. The van der Waals surface area contributed by atoms with E-state index in [-0.39, 0.29) is 5.97 Å². The Morgan fingerprint density at radius 1 is 0.850 bits per heavy atom. The molecule has 6 heteroatoms. The zero-order chi connectivity index (χ0) is 15.1. The Labute approximate surface area is 124 Å². The highest BCUT2D eigenvalue weighted by atomic mass is 28.3. The number of ether oxygens (including phenoxy) is 1. The van der Waals surface area contributed by atoms with Gasteiger partial charge in [-0.2, -0.15) is 0 Å². The number of hydrogen-bond donors (Lipinski definition) is 0. The molecule has 0 saturated carbocycles. The molecular weight excluding hydrogens is 276 g/mol. The van der Waals surface area contributed by atoms with Crippen LogP contribution in [-0.2, 0) is 22.8 Å². The number of carbonyl (C=O) groups is 1. The number of hydrogen-bond acceptors (Lipinski definition) is 5. The van der Waals surface area contributed by atoms with Gasteiger partial charge in [-0.15, -0.1) is 0 Å². The van der Waals surface area contributed by atoms with E-state index >= 15 is 0 Å². The first-order chi connectivity index (χ1) is 9.74. The minimum absolute atomic E-state index is 0.0991. The van der Waals surface area contributed by atoms with Crippen molar-refractivity contribution in [2.45, 2.75) is 58.3 Å². The molecule has 0 unspecified atom stereocenters. The van der Waals surface area contributed by atoms with Gasteiger partial charge in [-0.25, -0.2) is 0 Å². The molecule has 0 rings (SSSR count). The van der Waals surface area contributed by atoms with Gasteiger partial charge in [0.2, 0.25) is 0 Å². The second-order valence-corrected chi connectivity index (χ2v) is 6.16. The van der Waals surface area contributed by atoms with Crippen molar-refractivity contribution in [1.82, 2.24) is 0 Å². The molecule has 0 aromatic rings. The summed E-state index contributed by atoms with van der Waals surface area (Å²) in [7, 11) is 1.73. The molecule has 0 fully saturated rings. The van der Waals surface area contributed by atoms with Crippen LogP contribution in [0.3, 0.4) is 0 Å². The standard InChI is InChI=1S/C14H29O5Si/c1-4-14(15)18-12-10-8-6-5-7-9-11-13-19-20(16-2)17-3/h4-13H2,1-3H3. The molecule has 0 aliphatic rings. The normalized spacial score (nSPS) is 11.0. The minimum Gasteiger partial charge on any atom is -0.466 e. The van der Waals surface area contributed by atoms with Crippen LogP contribution in [0.15, 0.2) is 0 Å². The van der Waals surface area contributed by atoms with Crippen LogP contribution in [0.4, 0.5) is 0 Å². The number of esters is 1. The first kappa shape index (κ1) is 19.6. The van der Waals surface area contributed by atoms with E-state index in [0.717, 1.165) is 19.3 Å². The van der Waals surface area contributed by atoms with Gasteiger partial charge in [0, 0.05) is 27.2 Å². The van der Waals surface area contributed by atoms with Crippen molar-refractivity contribution in [2.75, 3.05) is 27.4 Å². The van der Waals surface area contributed by atoms with Crippen LogP contribution in [0, 0.1) is 0 Å². The molecule has 0 spiro atoms. The van der Waals surface area contributed by atoms with Gasteiger partial charge in [-0.3, -0.25) is 4.79 Å². The Kier molecular flexibility index (Phi) is 14.6. The summed E-state index contributed by atoms with van der Waals surface area (Å²) in [4.78, 5) is 10.9. The van der Waals surface area contributed by atoms with E-state index in [1.807, 2.05) is 6.92 Å². The van der Waals surface area contributed by atoms with E-state index in [1.54, 1.807) is 14.2 Å². The van der Waals surface area contributed by atoms with Crippen LogP contribution in [0.1, 0.15) is 58.3 Å². The van der Waals surface area contributed by atoms with Crippen molar-refractivity contribution in [3.63, 3.8) is 0 Å². The van der Waals surface area contributed by atoms with Gasteiger partial charge in [-0.1, -0.05) is 39.0 Å². The van der Waals surface area contributed by atoms with E-state index in [2.05, 4.69) is 0 Å². The van der Waals surface area contributed by atoms with E-state index < -0.39 is 9.53 Å². The fourth-order valence-corrected chi connectivity index (χ4v) is 2.45. The maximum absolute atomic E-state index is 10.9. The Morgan fingerprint density at radius 3 is 1.85 bits per heavy atom. The molecule has 0 bridgehead atoms. The molecular formula is C14H29O5Si. The molecule has 119 valence electrons. The summed E-state index contributed by atoms with van der Waals surface area (Å²) >= 11 is 0. The summed E-state index contributed by atoms with van der Waals surface area (Å²) < 4.78 is 20.5. The van der Waals surface area contributed by atoms with Gasteiger partial charge in [0.15, 0.2) is 0 Å². The van der Waals surface area contributed by atoms with Crippen molar-refractivity contribution >= 4 is 15.5 Å². The van der Waals surface area contributed by atoms with Crippen LogP contribution in [0.2, 0.25) is 0 Å². The number of carbonyl (C=O) groups excluding carboxylic acids is 1. The highest BCUT2D eigenvalue weighted by molar-refractivity contribution is 6.36. The zero-order valence-corrected chi connectivity index (χ0v) is 14.1. The largest absolute Gasteiger partial charge is 0.577 e. The molecule has 1 radical (unpaired) electrons. The third kappa shape index (κ3) is 12.6. The lowest BCUT2D eigenvalue weighted by Gasteiger charge is -2.09. The lowest BCUT2D eigenvalue weighted by atomic mass is 10.1. The van der Waals surface area contributed by atoms with Crippen molar-refractivity contribution in [3.05, 3.63) is 0 Å². The van der Waals surface area contributed by atoms with Crippen molar-refractivity contribution in [1.29, 1.82) is 0 Å². The van der Waals surface area contributed by atoms with Crippen LogP contribution >= 0.6 is 0 Å². The minimum atomic E-state index is -1.48. The van der Waals surface area contributed by atoms with Crippen LogP contribution < -0.4 is 0 Å². The molecule has 20 heavy (non-hydrogen) atoms. The Hall–Kier alpha value is -0.433. The summed E-state index contributed by atoms with van der Waals surface area (Å²) in [6.45, 7) is 3.09. The van der Waals surface area contributed by atoms with E-state index in [1.165, 1.54) is 25.7 Å². The molecule has 0 aliphatic heterocycles. The molecule has 0 atom stereocenters. The summed E-state index contributed by atoms with van der Waals surface area (Å²) in [5, 5.41) is 0. The van der Waals surface area contributed by atoms with Gasteiger partial charge in [0.1, 0.15) is 0 Å². The van der Waals surface area contributed by atoms with E-state index in [9.17, 15) is 4.79 Å². The Bertz CT molecular complexity index is 222. The first-order valence-electron chi connectivity index (χ1n) is 7.48. The summed E-state index contributed by atoms with van der Waals surface area (Å²) in [6.07, 6.45) is 8.46. The highest BCUT2D eigenvalue weighted by Crippen LogP contribution is 2.08. The van der Waals surface area contributed by atoms with Gasteiger partial charge in [0.05, 0.1) is 6.61 Å². The van der Waals surface area contributed by atoms with Gasteiger partial charge >= 0.3 is 15.5 Å². The molecule has 0 aromatic heterocycles. The fourth-order valence-electron chi connectivity index (χ4n) is 1.73. The highest BCUT2D eigenvalue weighted by Gasteiger charge is 2.13. The topological polar surface area (TPSA) is 54.0 Å². The molecule has 0 N–H and O–H groups in total. The van der Waals surface area contributed by atoms with E-state index in [4.69, 9.17) is 18.0 Å². The SMILES string of the molecule is CCC(=O)OCCCCCCCCCO[Si](OC)OC. The third-order valence-electron chi connectivity index (χ3n) is 2.89. The fraction of sp³-hybridized carbons (Fsp3) is 0.929. The lowest BCUT2D eigenvalue weighted by molar-refractivity contribution is -0.143.